The fourth-order valence-corrected chi connectivity index (χ4v) is 3.68. The molecule has 26 heavy (non-hydrogen) atoms. The summed E-state index contributed by atoms with van der Waals surface area (Å²) in [5.74, 6) is -1.24. The Balaban J connectivity index is 1.68. The Hall–Kier alpha value is -2.74. The average Bonchev–Trinajstić information content (AvgIpc) is 3.00. The number of halogens is 1. The lowest BCUT2D eigenvalue weighted by Crippen LogP contribution is -2.30. The summed E-state index contributed by atoms with van der Waals surface area (Å²) in [5, 5.41) is 0. The molecule has 0 bridgehead atoms. The van der Waals surface area contributed by atoms with Crippen LogP contribution in [0.2, 0.25) is 0 Å². The molecule has 0 atom stereocenters. The molecule has 1 aliphatic rings. The maximum atomic E-state index is 12.9. The third-order valence-electron chi connectivity index (χ3n) is 4.11. The number of amides is 2. The van der Waals surface area contributed by atoms with Crippen LogP contribution in [-0.4, -0.2) is 31.7 Å². The fraction of sp³-hybridized carbons (Fsp3) is 0.222. The topological polar surface area (TPSA) is 83.6 Å². The minimum atomic E-state index is -4.08. The molecular weight excluding hydrogens is 359 g/mol. The van der Waals surface area contributed by atoms with E-state index in [4.69, 9.17) is 0 Å². The Morgan fingerprint density at radius 3 is 2.31 bits per heavy atom. The largest absolute Gasteiger partial charge is 0.338 e. The summed E-state index contributed by atoms with van der Waals surface area (Å²) in [6, 6.07) is 10.6. The van der Waals surface area contributed by atoms with Gasteiger partial charge in [0.2, 0.25) is 5.91 Å². The molecule has 6 nitrogen and oxygen atoms in total. The van der Waals surface area contributed by atoms with E-state index in [1.807, 2.05) is 4.72 Å². The summed E-state index contributed by atoms with van der Waals surface area (Å²) in [6.45, 7) is 1.19. The molecule has 1 saturated heterocycles. The van der Waals surface area contributed by atoms with Gasteiger partial charge in [0.15, 0.2) is 0 Å². The van der Waals surface area contributed by atoms with Crippen LogP contribution in [0.3, 0.4) is 0 Å². The summed E-state index contributed by atoms with van der Waals surface area (Å²) in [7, 11) is -4.08. The van der Waals surface area contributed by atoms with E-state index in [0.717, 1.165) is 42.8 Å². The number of sulfonamides is 1. The van der Waals surface area contributed by atoms with Crippen molar-refractivity contribution < 1.29 is 22.4 Å². The standard InChI is InChI=1S/C18H17FN2O4S/c19-15-7-9-16(10-8-15)26(24,25)20-18(23)14-5-3-13(4-6-14)12-21-11-1-2-17(21)22/h3-10H,1-2,11-12H2,(H,20,23). The molecule has 0 aliphatic carbocycles. The lowest BCUT2D eigenvalue weighted by atomic mass is 10.1. The Kier molecular flexibility index (Phi) is 5.03. The van der Waals surface area contributed by atoms with E-state index in [1.54, 1.807) is 17.0 Å². The van der Waals surface area contributed by atoms with Gasteiger partial charge in [-0.1, -0.05) is 12.1 Å². The van der Waals surface area contributed by atoms with E-state index in [9.17, 15) is 22.4 Å². The molecule has 3 rings (SSSR count). The van der Waals surface area contributed by atoms with Crippen LogP contribution in [0.25, 0.3) is 0 Å². The number of likely N-dealkylation sites (tertiary alicyclic amines) is 1. The van der Waals surface area contributed by atoms with Crippen molar-refractivity contribution in [3.63, 3.8) is 0 Å². The van der Waals surface area contributed by atoms with E-state index < -0.39 is 21.7 Å². The van der Waals surface area contributed by atoms with Crippen LogP contribution in [0.1, 0.15) is 28.8 Å². The highest BCUT2D eigenvalue weighted by molar-refractivity contribution is 7.90. The Labute approximate surface area is 150 Å². The van der Waals surface area contributed by atoms with Crippen LogP contribution in [0.15, 0.2) is 53.4 Å². The van der Waals surface area contributed by atoms with E-state index in [0.29, 0.717) is 13.0 Å². The van der Waals surface area contributed by atoms with Crippen molar-refractivity contribution in [1.82, 2.24) is 9.62 Å². The lowest BCUT2D eigenvalue weighted by Gasteiger charge is -2.15. The highest BCUT2D eigenvalue weighted by Gasteiger charge is 2.21. The van der Waals surface area contributed by atoms with Gasteiger partial charge in [0, 0.05) is 25.1 Å². The molecular formula is C18H17FN2O4S. The maximum Gasteiger partial charge on any atom is 0.264 e. The van der Waals surface area contributed by atoms with Crippen LogP contribution in [0.4, 0.5) is 4.39 Å². The number of hydrogen-bond acceptors (Lipinski definition) is 4. The van der Waals surface area contributed by atoms with E-state index in [1.165, 1.54) is 12.1 Å². The fourth-order valence-electron chi connectivity index (χ4n) is 2.71. The smallest absolute Gasteiger partial charge is 0.264 e. The van der Waals surface area contributed by atoms with Gasteiger partial charge in [0.1, 0.15) is 5.82 Å². The van der Waals surface area contributed by atoms with Gasteiger partial charge in [-0.25, -0.2) is 17.5 Å². The van der Waals surface area contributed by atoms with Crippen LogP contribution < -0.4 is 4.72 Å². The predicted molar refractivity (Wildman–Crippen MR) is 92.1 cm³/mol. The normalized spacial score (nSPS) is 14.5. The van der Waals surface area contributed by atoms with Crippen LogP contribution in [0.5, 0.6) is 0 Å². The molecule has 1 N–H and O–H groups in total. The van der Waals surface area contributed by atoms with Crippen molar-refractivity contribution in [1.29, 1.82) is 0 Å². The Morgan fingerprint density at radius 2 is 1.73 bits per heavy atom. The van der Waals surface area contributed by atoms with Crippen LogP contribution in [-0.2, 0) is 21.4 Å². The summed E-state index contributed by atoms with van der Waals surface area (Å²) >= 11 is 0. The van der Waals surface area contributed by atoms with Gasteiger partial charge in [-0.2, -0.15) is 0 Å². The van der Waals surface area contributed by atoms with Gasteiger partial charge < -0.3 is 4.90 Å². The first kappa shape index (κ1) is 18.1. The zero-order valence-electron chi connectivity index (χ0n) is 13.8. The number of nitrogens with one attached hydrogen (secondary N) is 1. The van der Waals surface area contributed by atoms with Crippen molar-refractivity contribution in [2.75, 3.05) is 6.54 Å². The molecule has 0 radical (unpaired) electrons. The summed E-state index contributed by atoms with van der Waals surface area (Å²) in [4.78, 5) is 25.4. The summed E-state index contributed by atoms with van der Waals surface area (Å²) in [5.41, 5.74) is 1.03. The second kappa shape index (κ2) is 7.25. The predicted octanol–water partition coefficient (Wildman–Crippen LogP) is 2.07. The Bertz CT molecular complexity index is 925. The molecule has 1 aliphatic heterocycles. The molecule has 2 aromatic carbocycles. The lowest BCUT2D eigenvalue weighted by molar-refractivity contribution is -0.128. The number of hydrogen-bond donors (Lipinski definition) is 1. The first-order valence-corrected chi connectivity index (χ1v) is 9.53. The van der Waals surface area contributed by atoms with Crippen molar-refractivity contribution >= 4 is 21.8 Å². The highest BCUT2D eigenvalue weighted by Crippen LogP contribution is 2.15. The SMILES string of the molecule is O=C(NS(=O)(=O)c1ccc(F)cc1)c1ccc(CN2CCCC2=O)cc1. The van der Waals surface area contributed by atoms with Gasteiger partial charge in [-0.05, 0) is 48.4 Å². The zero-order chi connectivity index (χ0) is 18.7. The number of rotatable bonds is 5. The van der Waals surface area contributed by atoms with Crippen molar-refractivity contribution in [3.8, 4) is 0 Å². The summed E-state index contributed by atoms with van der Waals surface area (Å²) in [6.07, 6.45) is 1.41. The second-order valence-corrected chi connectivity index (χ2v) is 7.69. The molecule has 0 aromatic heterocycles. The molecule has 1 heterocycles. The van der Waals surface area contributed by atoms with E-state index in [-0.39, 0.29) is 16.4 Å². The third-order valence-corrected chi connectivity index (χ3v) is 5.46. The van der Waals surface area contributed by atoms with Gasteiger partial charge >= 0.3 is 0 Å². The number of carbonyl (C=O) groups is 2. The molecule has 136 valence electrons. The van der Waals surface area contributed by atoms with Crippen LogP contribution >= 0.6 is 0 Å². The Morgan fingerprint density at radius 1 is 1.08 bits per heavy atom. The van der Waals surface area contributed by atoms with Gasteiger partial charge in [0.25, 0.3) is 15.9 Å². The van der Waals surface area contributed by atoms with Gasteiger partial charge in [-0.15, -0.1) is 0 Å². The van der Waals surface area contributed by atoms with Crippen LogP contribution in [0, 0.1) is 5.82 Å². The molecule has 0 unspecified atom stereocenters. The third kappa shape index (κ3) is 4.08. The molecule has 0 saturated carbocycles. The molecule has 8 heteroatoms. The number of carbonyl (C=O) groups excluding carboxylic acids is 2. The molecule has 0 spiro atoms. The minimum Gasteiger partial charge on any atom is -0.338 e. The summed E-state index contributed by atoms with van der Waals surface area (Å²) < 4.78 is 39.2. The maximum absolute atomic E-state index is 12.9. The monoisotopic (exact) mass is 376 g/mol. The molecule has 2 amide bonds. The van der Waals surface area contributed by atoms with Crippen molar-refractivity contribution in [2.24, 2.45) is 0 Å². The van der Waals surface area contributed by atoms with E-state index in [2.05, 4.69) is 0 Å². The first-order chi connectivity index (χ1) is 12.3. The second-order valence-electron chi connectivity index (χ2n) is 6.00. The number of benzene rings is 2. The first-order valence-electron chi connectivity index (χ1n) is 8.04. The molecule has 1 fully saturated rings. The van der Waals surface area contributed by atoms with Gasteiger partial charge in [-0.3, -0.25) is 9.59 Å². The quantitative estimate of drug-likeness (QED) is 0.866. The van der Waals surface area contributed by atoms with Crippen molar-refractivity contribution in [3.05, 3.63) is 65.5 Å². The van der Waals surface area contributed by atoms with Crippen molar-refractivity contribution in [2.45, 2.75) is 24.3 Å². The highest BCUT2D eigenvalue weighted by atomic mass is 32.2. The van der Waals surface area contributed by atoms with Gasteiger partial charge in [0.05, 0.1) is 4.90 Å². The zero-order valence-corrected chi connectivity index (χ0v) is 14.6. The average molecular weight is 376 g/mol. The molecule has 2 aromatic rings. The number of nitrogens with zero attached hydrogens (tertiary/aromatic N) is 1. The van der Waals surface area contributed by atoms with E-state index >= 15 is 0 Å². The minimum absolute atomic E-state index is 0.109.